The van der Waals surface area contributed by atoms with Crippen LogP contribution in [0.15, 0.2) is 75.2 Å². The number of nitrogens with one attached hydrogen (secondary N) is 1. The normalized spacial score (nSPS) is 10.4. The smallest absolute Gasteiger partial charge is 0.258 e. The average Bonchev–Trinajstić information content (AvgIpc) is 2.70. The molecule has 1 heterocycles. The zero-order valence-corrected chi connectivity index (χ0v) is 17.2. The molecule has 0 atom stereocenters. The first kappa shape index (κ1) is 19.9. The lowest BCUT2D eigenvalue weighted by atomic mass is 10.1. The molecule has 3 N–H and O–H groups in total. The van der Waals surface area contributed by atoms with E-state index in [0.717, 1.165) is 9.37 Å². The molecule has 8 heteroatoms. The maximum absolute atomic E-state index is 12.9. The van der Waals surface area contributed by atoms with Gasteiger partial charge in [-0.3, -0.25) is 9.59 Å². The van der Waals surface area contributed by atoms with Crippen LogP contribution < -0.4 is 15.8 Å². The number of hydrogen-bond acceptors (Lipinski definition) is 5. The molecule has 0 radical (unpaired) electrons. The monoisotopic (exact) mass is 457 g/mol. The number of nitrogens with two attached hydrogens (primary N) is 1. The molecular formula is C20H16BrN3O3S. The van der Waals surface area contributed by atoms with Crippen molar-refractivity contribution in [1.29, 1.82) is 0 Å². The number of methoxy groups -OCH3 is 1. The zero-order valence-electron chi connectivity index (χ0n) is 14.8. The topological polar surface area (TPSA) is 94.3 Å². The van der Waals surface area contributed by atoms with Gasteiger partial charge in [-0.25, -0.2) is 4.98 Å². The summed E-state index contributed by atoms with van der Waals surface area (Å²) in [6.45, 7) is 0. The Bertz CT molecular complexity index is 1030. The van der Waals surface area contributed by atoms with E-state index in [1.807, 2.05) is 24.3 Å². The molecule has 3 rings (SSSR count). The lowest BCUT2D eigenvalue weighted by Crippen LogP contribution is -2.16. The number of primary amides is 1. The number of aromatic nitrogens is 1. The summed E-state index contributed by atoms with van der Waals surface area (Å²) in [6, 6.07) is 15.7. The minimum absolute atomic E-state index is 0.270. The lowest BCUT2D eigenvalue weighted by Gasteiger charge is -2.13. The highest BCUT2D eigenvalue weighted by molar-refractivity contribution is 9.10. The van der Waals surface area contributed by atoms with Crippen molar-refractivity contribution in [1.82, 2.24) is 4.98 Å². The van der Waals surface area contributed by atoms with Gasteiger partial charge in [-0.1, -0.05) is 27.7 Å². The molecule has 0 spiro atoms. The van der Waals surface area contributed by atoms with Gasteiger partial charge < -0.3 is 15.8 Å². The van der Waals surface area contributed by atoms with E-state index in [0.29, 0.717) is 22.0 Å². The highest BCUT2D eigenvalue weighted by Gasteiger charge is 2.16. The van der Waals surface area contributed by atoms with Crippen molar-refractivity contribution >= 4 is 45.2 Å². The minimum Gasteiger partial charge on any atom is -0.495 e. The van der Waals surface area contributed by atoms with Crippen LogP contribution in [0.3, 0.4) is 0 Å². The summed E-state index contributed by atoms with van der Waals surface area (Å²) in [5.41, 5.74) is 6.36. The first-order valence-corrected chi connectivity index (χ1v) is 9.76. The Morgan fingerprint density at radius 2 is 1.89 bits per heavy atom. The maximum Gasteiger partial charge on any atom is 0.258 e. The molecule has 0 bridgehead atoms. The van der Waals surface area contributed by atoms with E-state index in [4.69, 9.17) is 10.5 Å². The molecule has 3 aromatic rings. The molecule has 2 amide bonds. The molecule has 0 saturated carbocycles. The Morgan fingerprint density at radius 1 is 1.14 bits per heavy atom. The third kappa shape index (κ3) is 4.71. The fraction of sp³-hybridized carbons (Fsp3) is 0.0500. The van der Waals surface area contributed by atoms with Gasteiger partial charge in [0.1, 0.15) is 10.8 Å². The van der Waals surface area contributed by atoms with Crippen LogP contribution in [0.5, 0.6) is 5.75 Å². The SMILES string of the molecule is COc1ccc(C(N)=O)cc1NC(=O)c1cccnc1Sc1ccc(Br)cc1. The van der Waals surface area contributed by atoms with Crippen molar-refractivity contribution < 1.29 is 14.3 Å². The van der Waals surface area contributed by atoms with Gasteiger partial charge in [-0.05, 0) is 54.6 Å². The molecule has 1 aromatic heterocycles. The predicted octanol–water partition coefficient (Wildman–Crippen LogP) is 4.36. The number of ether oxygens (including phenoxy) is 1. The van der Waals surface area contributed by atoms with E-state index in [1.54, 1.807) is 24.4 Å². The van der Waals surface area contributed by atoms with Crippen LogP contribution in [0.25, 0.3) is 0 Å². The highest BCUT2D eigenvalue weighted by atomic mass is 79.9. The van der Waals surface area contributed by atoms with Crippen LogP contribution in [-0.2, 0) is 0 Å². The quantitative estimate of drug-likeness (QED) is 0.573. The van der Waals surface area contributed by atoms with Crippen LogP contribution in [0.1, 0.15) is 20.7 Å². The number of hydrogen-bond donors (Lipinski definition) is 2. The van der Waals surface area contributed by atoms with E-state index in [1.165, 1.54) is 31.0 Å². The van der Waals surface area contributed by atoms with Crippen molar-refractivity contribution in [3.63, 3.8) is 0 Å². The summed E-state index contributed by atoms with van der Waals surface area (Å²) < 4.78 is 6.23. The highest BCUT2D eigenvalue weighted by Crippen LogP contribution is 2.31. The number of amides is 2. The second-order valence-corrected chi connectivity index (χ2v) is 7.62. The van der Waals surface area contributed by atoms with Crippen LogP contribution in [0, 0.1) is 0 Å². The summed E-state index contributed by atoms with van der Waals surface area (Å²) in [4.78, 5) is 29.6. The molecule has 28 heavy (non-hydrogen) atoms. The van der Waals surface area contributed by atoms with E-state index in [-0.39, 0.29) is 11.5 Å². The fourth-order valence-electron chi connectivity index (χ4n) is 2.41. The van der Waals surface area contributed by atoms with Crippen LogP contribution in [0.4, 0.5) is 5.69 Å². The number of carbonyl (C=O) groups excluding carboxylic acids is 2. The predicted molar refractivity (Wildman–Crippen MR) is 112 cm³/mol. The first-order chi connectivity index (χ1) is 13.5. The molecule has 0 fully saturated rings. The maximum atomic E-state index is 12.9. The van der Waals surface area contributed by atoms with E-state index < -0.39 is 5.91 Å². The standard InChI is InChI=1S/C20H16BrN3O3S/c1-27-17-9-4-12(18(22)25)11-16(17)24-19(26)15-3-2-10-23-20(15)28-14-7-5-13(21)6-8-14/h2-11H,1H3,(H2,22,25)(H,24,26). The van der Waals surface area contributed by atoms with Gasteiger partial charge in [0.05, 0.1) is 18.4 Å². The molecule has 0 unspecified atom stereocenters. The second-order valence-electron chi connectivity index (χ2n) is 5.65. The number of benzene rings is 2. The second kappa shape index (κ2) is 8.90. The summed E-state index contributed by atoms with van der Waals surface area (Å²) in [6.07, 6.45) is 1.63. The summed E-state index contributed by atoms with van der Waals surface area (Å²) in [5.74, 6) is -0.539. The van der Waals surface area contributed by atoms with E-state index >= 15 is 0 Å². The largest absolute Gasteiger partial charge is 0.495 e. The molecule has 6 nitrogen and oxygen atoms in total. The number of nitrogens with zero attached hydrogens (tertiary/aromatic N) is 1. The Kier molecular flexibility index (Phi) is 6.33. The van der Waals surface area contributed by atoms with Gasteiger partial charge in [0.25, 0.3) is 5.91 Å². The molecule has 0 saturated heterocycles. The first-order valence-electron chi connectivity index (χ1n) is 8.15. The fourth-order valence-corrected chi connectivity index (χ4v) is 3.55. The van der Waals surface area contributed by atoms with Crippen molar-refractivity contribution in [2.24, 2.45) is 5.73 Å². The number of halogens is 1. The number of rotatable bonds is 6. The Hall–Kier alpha value is -2.84. The van der Waals surface area contributed by atoms with Gasteiger partial charge in [0.15, 0.2) is 0 Å². The Morgan fingerprint density at radius 3 is 2.57 bits per heavy atom. The van der Waals surface area contributed by atoms with Gasteiger partial charge in [-0.2, -0.15) is 0 Å². The molecule has 142 valence electrons. The van der Waals surface area contributed by atoms with Crippen LogP contribution in [0.2, 0.25) is 0 Å². The number of carbonyl (C=O) groups is 2. The van der Waals surface area contributed by atoms with Crippen molar-refractivity contribution in [2.75, 3.05) is 12.4 Å². The Labute approximate surface area is 174 Å². The van der Waals surface area contributed by atoms with E-state index in [2.05, 4.69) is 26.2 Å². The van der Waals surface area contributed by atoms with Gasteiger partial charge in [0.2, 0.25) is 5.91 Å². The molecule has 2 aromatic carbocycles. The van der Waals surface area contributed by atoms with Crippen molar-refractivity contribution in [2.45, 2.75) is 9.92 Å². The van der Waals surface area contributed by atoms with Crippen LogP contribution in [-0.4, -0.2) is 23.9 Å². The van der Waals surface area contributed by atoms with Gasteiger partial charge in [-0.15, -0.1) is 0 Å². The Balaban J connectivity index is 1.88. The molecule has 0 aliphatic carbocycles. The summed E-state index contributed by atoms with van der Waals surface area (Å²) in [7, 11) is 1.48. The number of pyridine rings is 1. The summed E-state index contributed by atoms with van der Waals surface area (Å²) in [5, 5.41) is 3.34. The third-order valence-electron chi connectivity index (χ3n) is 3.78. The number of anilines is 1. The average molecular weight is 458 g/mol. The van der Waals surface area contributed by atoms with Crippen LogP contribution >= 0.6 is 27.7 Å². The molecular weight excluding hydrogens is 442 g/mol. The lowest BCUT2D eigenvalue weighted by molar-refractivity contribution is 0.0995. The molecule has 0 aliphatic rings. The van der Waals surface area contributed by atoms with Crippen molar-refractivity contribution in [3.8, 4) is 5.75 Å². The van der Waals surface area contributed by atoms with Crippen molar-refractivity contribution in [3.05, 3.63) is 76.4 Å². The van der Waals surface area contributed by atoms with Gasteiger partial charge in [0, 0.05) is 21.1 Å². The van der Waals surface area contributed by atoms with E-state index in [9.17, 15) is 9.59 Å². The summed E-state index contributed by atoms with van der Waals surface area (Å²) >= 11 is 4.78. The zero-order chi connectivity index (χ0) is 20.1. The van der Waals surface area contributed by atoms with Gasteiger partial charge >= 0.3 is 0 Å². The minimum atomic E-state index is -0.592. The third-order valence-corrected chi connectivity index (χ3v) is 5.33. The molecule has 0 aliphatic heterocycles.